The van der Waals surface area contributed by atoms with Gasteiger partial charge in [-0.2, -0.15) is 0 Å². The second-order valence-electron chi connectivity index (χ2n) is 7.06. The number of rotatable bonds is 7. The summed E-state index contributed by atoms with van der Waals surface area (Å²) in [6, 6.07) is 8.43. The minimum absolute atomic E-state index is 0.0607. The molecule has 1 fully saturated rings. The quantitative estimate of drug-likeness (QED) is 0.727. The summed E-state index contributed by atoms with van der Waals surface area (Å²) in [7, 11) is 1.67. The van der Waals surface area contributed by atoms with Gasteiger partial charge in [-0.05, 0) is 27.2 Å². The van der Waals surface area contributed by atoms with Crippen LogP contribution in [-0.4, -0.2) is 54.8 Å². The molecule has 2 unspecified atom stereocenters. The van der Waals surface area contributed by atoms with E-state index in [1.54, 1.807) is 18.4 Å². The molecular formula is C21H28N2O3S. The summed E-state index contributed by atoms with van der Waals surface area (Å²) in [5.41, 5.74) is 3.20. The topological polar surface area (TPSA) is 51.7 Å². The van der Waals surface area contributed by atoms with Crippen LogP contribution in [0, 0.1) is 13.8 Å². The van der Waals surface area contributed by atoms with Crippen molar-refractivity contribution in [2.45, 2.75) is 45.8 Å². The van der Waals surface area contributed by atoms with E-state index in [0.717, 1.165) is 27.6 Å². The number of amides is 1. The lowest BCUT2D eigenvalue weighted by molar-refractivity contribution is -0.134. The average Bonchev–Trinajstić information content (AvgIpc) is 3.22. The Morgan fingerprint density at radius 3 is 2.70 bits per heavy atom. The lowest BCUT2D eigenvalue weighted by Crippen LogP contribution is -2.46. The van der Waals surface area contributed by atoms with Crippen molar-refractivity contribution in [3.8, 4) is 11.3 Å². The monoisotopic (exact) mass is 388 g/mol. The lowest BCUT2D eigenvalue weighted by Gasteiger charge is -2.30. The zero-order valence-corrected chi connectivity index (χ0v) is 17.3. The molecular weight excluding hydrogens is 360 g/mol. The zero-order valence-electron chi connectivity index (χ0n) is 16.5. The van der Waals surface area contributed by atoms with Crippen LogP contribution >= 0.6 is 11.3 Å². The molecule has 1 amide bonds. The molecule has 2 aromatic rings. The van der Waals surface area contributed by atoms with Gasteiger partial charge in [-0.25, -0.2) is 4.98 Å². The molecule has 6 heteroatoms. The fourth-order valence-electron chi connectivity index (χ4n) is 3.56. The van der Waals surface area contributed by atoms with Crippen molar-refractivity contribution < 1.29 is 14.3 Å². The van der Waals surface area contributed by atoms with Crippen LogP contribution in [-0.2, 0) is 20.7 Å². The van der Waals surface area contributed by atoms with Gasteiger partial charge in [0.05, 0.1) is 35.9 Å². The third kappa shape index (κ3) is 4.75. The highest BCUT2D eigenvalue weighted by Crippen LogP contribution is 2.30. The first-order valence-corrected chi connectivity index (χ1v) is 10.2. The standard InChI is InChI=1S/C21H28N2O3S/c1-14-5-7-17(8-6-14)21-19(27-16(3)22-21)13-20(24)23(10-12-25-4)18-9-11-26-15(18)2/h5-8,15,18H,9-13H2,1-4H3. The largest absolute Gasteiger partial charge is 0.383 e. The Bertz CT molecular complexity index is 772. The van der Waals surface area contributed by atoms with E-state index in [2.05, 4.69) is 31.2 Å². The molecule has 0 N–H and O–H groups in total. The maximum Gasteiger partial charge on any atom is 0.228 e. The molecule has 1 aliphatic heterocycles. The molecule has 0 radical (unpaired) electrons. The first kappa shape index (κ1) is 20.0. The number of hydrogen-bond acceptors (Lipinski definition) is 5. The summed E-state index contributed by atoms with van der Waals surface area (Å²) in [6.45, 7) is 7.92. The third-order valence-corrected chi connectivity index (χ3v) is 6.01. The first-order chi connectivity index (χ1) is 13.0. The Morgan fingerprint density at radius 1 is 1.33 bits per heavy atom. The number of methoxy groups -OCH3 is 1. The lowest BCUT2D eigenvalue weighted by atomic mass is 10.1. The van der Waals surface area contributed by atoms with Crippen molar-refractivity contribution in [1.29, 1.82) is 0 Å². The fraction of sp³-hybridized carbons (Fsp3) is 0.524. The van der Waals surface area contributed by atoms with Crippen LogP contribution in [0.2, 0.25) is 0 Å². The molecule has 0 bridgehead atoms. The maximum absolute atomic E-state index is 13.2. The van der Waals surface area contributed by atoms with Crippen LogP contribution < -0.4 is 0 Å². The highest BCUT2D eigenvalue weighted by Gasteiger charge is 2.33. The number of carbonyl (C=O) groups is 1. The van der Waals surface area contributed by atoms with Crippen molar-refractivity contribution in [1.82, 2.24) is 9.88 Å². The van der Waals surface area contributed by atoms with Crippen molar-refractivity contribution in [3.05, 3.63) is 39.7 Å². The van der Waals surface area contributed by atoms with Crippen LogP contribution in [0.15, 0.2) is 24.3 Å². The maximum atomic E-state index is 13.2. The Hall–Kier alpha value is -1.76. The van der Waals surface area contributed by atoms with Crippen LogP contribution in [0.3, 0.4) is 0 Å². The summed E-state index contributed by atoms with van der Waals surface area (Å²) < 4.78 is 10.9. The number of thiazole rings is 1. The van der Waals surface area contributed by atoms with E-state index in [1.165, 1.54) is 5.56 Å². The molecule has 1 saturated heterocycles. The molecule has 0 spiro atoms. The minimum Gasteiger partial charge on any atom is -0.383 e. The van der Waals surface area contributed by atoms with Crippen molar-refractivity contribution in [2.75, 3.05) is 26.9 Å². The summed E-state index contributed by atoms with van der Waals surface area (Å²) in [4.78, 5) is 20.9. The van der Waals surface area contributed by atoms with E-state index in [9.17, 15) is 4.79 Å². The van der Waals surface area contributed by atoms with E-state index in [1.807, 2.05) is 18.7 Å². The Kier molecular flexibility index (Phi) is 6.63. The molecule has 146 valence electrons. The van der Waals surface area contributed by atoms with Crippen LogP contribution in [0.25, 0.3) is 11.3 Å². The fourth-order valence-corrected chi connectivity index (χ4v) is 4.51. The van der Waals surface area contributed by atoms with E-state index < -0.39 is 0 Å². The molecule has 1 aromatic carbocycles. The predicted molar refractivity (Wildman–Crippen MR) is 108 cm³/mol. The van der Waals surface area contributed by atoms with Crippen molar-refractivity contribution in [2.24, 2.45) is 0 Å². The summed E-state index contributed by atoms with van der Waals surface area (Å²) in [6.07, 6.45) is 1.30. The second-order valence-corrected chi connectivity index (χ2v) is 8.35. The molecule has 2 atom stereocenters. The van der Waals surface area contributed by atoms with Crippen LogP contribution in [0.5, 0.6) is 0 Å². The highest BCUT2D eigenvalue weighted by atomic mass is 32.1. The van der Waals surface area contributed by atoms with Gasteiger partial charge in [0.15, 0.2) is 0 Å². The van der Waals surface area contributed by atoms with Crippen LogP contribution in [0.4, 0.5) is 0 Å². The smallest absolute Gasteiger partial charge is 0.228 e. The first-order valence-electron chi connectivity index (χ1n) is 9.43. The highest BCUT2D eigenvalue weighted by molar-refractivity contribution is 7.12. The summed E-state index contributed by atoms with van der Waals surface area (Å²) >= 11 is 1.61. The van der Waals surface area contributed by atoms with Crippen molar-refractivity contribution in [3.63, 3.8) is 0 Å². The molecule has 27 heavy (non-hydrogen) atoms. The second kappa shape index (κ2) is 8.95. The molecule has 3 rings (SSSR count). The number of nitrogens with zero attached hydrogens (tertiary/aromatic N) is 2. The normalized spacial score (nSPS) is 19.4. The van der Waals surface area contributed by atoms with E-state index in [-0.39, 0.29) is 18.1 Å². The number of aryl methyl sites for hydroxylation is 2. The Labute approximate surface area is 165 Å². The average molecular weight is 389 g/mol. The van der Waals surface area contributed by atoms with Crippen LogP contribution in [0.1, 0.15) is 28.8 Å². The molecule has 0 aliphatic carbocycles. The van der Waals surface area contributed by atoms with Gasteiger partial charge in [-0.1, -0.05) is 29.8 Å². The van der Waals surface area contributed by atoms with Gasteiger partial charge >= 0.3 is 0 Å². The number of ether oxygens (including phenoxy) is 2. The van der Waals surface area contributed by atoms with Gasteiger partial charge in [-0.15, -0.1) is 11.3 Å². The molecule has 1 aliphatic rings. The number of carbonyl (C=O) groups excluding carboxylic acids is 1. The molecule has 1 aromatic heterocycles. The zero-order chi connectivity index (χ0) is 19.4. The number of benzene rings is 1. The summed E-state index contributed by atoms with van der Waals surface area (Å²) in [5, 5.41) is 0.981. The summed E-state index contributed by atoms with van der Waals surface area (Å²) in [5.74, 6) is 0.117. The molecule has 2 heterocycles. The Balaban J connectivity index is 1.82. The van der Waals surface area contributed by atoms with E-state index >= 15 is 0 Å². The molecule has 0 saturated carbocycles. The van der Waals surface area contributed by atoms with Crippen molar-refractivity contribution >= 4 is 17.2 Å². The SMILES string of the molecule is COCCN(C(=O)Cc1sc(C)nc1-c1ccc(C)cc1)C1CCOC1C. The predicted octanol–water partition coefficient (Wildman–Crippen LogP) is 3.62. The van der Waals surface area contributed by atoms with Gasteiger partial charge in [0, 0.05) is 30.7 Å². The van der Waals surface area contributed by atoms with Gasteiger partial charge in [0.2, 0.25) is 5.91 Å². The van der Waals surface area contributed by atoms with Gasteiger partial charge in [-0.3, -0.25) is 4.79 Å². The van der Waals surface area contributed by atoms with Gasteiger partial charge in [0.25, 0.3) is 0 Å². The number of hydrogen-bond donors (Lipinski definition) is 0. The minimum atomic E-state index is 0.0607. The van der Waals surface area contributed by atoms with E-state index in [4.69, 9.17) is 14.5 Å². The molecule has 5 nitrogen and oxygen atoms in total. The van der Waals surface area contributed by atoms with E-state index in [0.29, 0.717) is 26.2 Å². The number of aromatic nitrogens is 1. The third-order valence-electron chi connectivity index (χ3n) is 5.03. The Morgan fingerprint density at radius 2 is 2.07 bits per heavy atom. The van der Waals surface area contributed by atoms with Gasteiger partial charge < -0.3 is 14.4 Å². The van der Waals surface area contributed by atoms with Gasteiger partial charge in [0.1, 0.15) is 0 Å².